The van der Waals surface area contributed by atoms with Gasteiger partial charge in [0, 0.05) is 16.8 Å². The average Bonchev–Trinajstić information content (AvgIpc) is 2.54. The van der Waals surface area contributed by atoms with E-state index in [-0.39, 0.29) is 5.91 Å². The second-order valence-electron chi connectivity index (χ2n) is 5.73. The minimum absolute atomic E-state index is 0.199. The Morgan fingerprint density at radius 1 is 0.913 bits per heavy atom. The Morgan fingerprint density at radius 2 is 1.43 bits per heavy atom. The highest BCUT2D eigenvalue weighted by Crippen LogP contribution is 2.27. The summed E-state index contributed by atoms with van der Waals surface area (Å²) in [4.78, 5) is 23.9. The molecule has 3 N–H and O–H groups in total. The maximum atomic E-state index is 12.5. The van der Waals surface area contributed by atoms with Gasteiger partial charge in [0.15, 0.2) is 0 Å². The molecule has 0 bridgehead atoms. The first kappa shape index (κ1) is 18.9. The lowest BCUT2D eigenvalue weighted by Crippen LogP contribution is -2.25. The number of hydrogen-bond acceptors (Lipinski definition) is 2. The molecule has 1 aromatic carbocycles. The normalized spacial score (nSPS) is 14.0. The van der Waals surface area contributed by atoms with Gasteiger partial charge in [-0.2, -0.15) is 0 Å². The Bertz CT molecular complexity index is 631. The van der Waals surface area contributed by atoms with Crippen LogP contribution in [0.4, 0.5) is 5.69 Å². The second-order valence-corrected chi connectivity index (χ2v) is 5.73. The molecular formula is C19H28N2O2. The molecule has 1 aliphatic carbocycles. The Morgan fingerprint density at radius 3 is 2.00 bits per heavy atom. The van der Waals surface area contributed by atoms with E-state index in [1.165, 1.54) is 5.56 Å². The summed E-state index contributed by atoms with van der Waals surface area (Å²) in [6.45, 7) is 10.0. The van der Waals surface area contributed by atoms with Crippen LogP contribution < -0.4 is 11.1 Å². The largest absolute Gasteiger partial charge is 0.366 e. The third-order valence-electron chi connectivity index (χ3n) is 4.13. The molecule has 0 unspecified atom stereocenters. The van der Waals surface area contributed by atoms with Gasteiger partial charge in [-0.05, 0) is 69.2 Å². The van der Waals surface area contributed by atoms with E-state index < -0.39 is 5.91 Å². The third kappa shape index (κ3) is 4.68. The van der Waals surface area contributed by atoms with E-state index in [0.717, 1.165) is 29.7 Å². The molecule has 0 heterocycles. The van der Waals surface area contributed by atoms with E-state index in [0.29, 0.717) is 24.0 Å². The summed E-state index contributed by atoms with van der Waals surface area (Å²) in [6, 6.07) is 4.02. The Balaban J connectivity index is 0.00000127. The molecular weight excluding hydrogens is 288 g/mol. The fourth-order valence-corrected chi connectivity index (χ4v) is 2.72. The summed E-state index contributed by atoms with van der Waals surface area (Å²) < 4.78 is 0. The van der Waals surface area contributed by atoms with Crippen LogP contribution in [-0.2, 0) is 9.59 Å². The van der Waals surface area contributed by atoms with Crippen LogP contribution in [0.3, 0.4) is 0 Å². The van der Waals surface area contributed by atoms with Crippen LogP contribution in [0.2, 0.25) is 0 Å². The molecule has 0 spiro atoms. The van der Waals surface area contributed by atoms with Crippen LogP contribution in [0.25, 0.3) is 0 Å². The van der Waals surface area contributed by atoms with Crippen LogP contribution in [-0.4, -0.2) is 11.8 Å². The van der Waals surface area contributed by atoms with Crippen LogP contribution in [0, 0.1) is 20.8 Å². The molecule has 0 fully saturated rings. The maximum absolute atomic E-state index is 12.5. The zero-order chi connectivity index (χ0) is 17.6. The first-order valence-electron chi connectivity index (χ1n) is 8.31. The van der Waals surface area contributed by atoms with Gasteiger partial charge in [0.25, 0.3) is 5.91 Å². The van der Waals surface area contributed by atoms with Gasteiger partial charge >= 0.3 is 0 Å². The van der Waals surface area contributed by atoms with E-state index in [1.807, 2.05) is 40.7 Å². The van der Waals surface area contributed by atoms with E-state index in [2.05, 4.69) is 11.4 Å². The predicted molar refractivity (Wildman–Crippen MR) is 95.3 cm³/mol. The number of amides is 2. The first-order valence-corrected chi connectivity index (χ1v) is 8.31. The predicted octanol–water partition coefficient (Wildman–Crippen LogP) is 3.93. The monoisotopic (exact) mass is 316 g/mol. The van der Waals surface area contributed by atoms with Crippen LogP contribution in [0.15, 0.2) is 23.3 Å². The highest BCUT2D eigenvalue weighted by Gasteiger charge is 2.22. The molecule has 1 aliphatic rings. The number of carbonyl (C=O) groups is 2. The number of benzene rings is 1. The number of nitrogens with one attached hydrogen (secondary N) is 1. The first-order chi connectivity index (χ1) is 10.9. The summed E-state index contributed by atoms with van der Waals surface area (Å²) in [5.74, 6) is -0.675. The molecule has 2 amide bonds. The van der Waals surface area contributed by atoms with Crippen molar-refractivity contribution in [3.05, 3.63) is 40.0 Å². The van der Waals surface area contributed by atoms with Crippen molar-refractivity contribution in [3.8, 4) is 0 Å². The molecule has 0 radical (unpaired) electrons. The molecule has 0 aliphatic heterocycles. The second kappa shape index (κ2) is 8.51. The number of primary amides is 1. The molecule has 0 saturated heterocycles. The number of carbonyl (C=O) groups excluding carboxylic acids is 2. The van der Waals surface area contributed by atoms with Gasteiger partial charge in [-0.15, -0.1) is 0 Å². The lowest BCUT2D eigenvalue weighted by atomic mass is 9.90. The van der Waals surface area contributed by atoms with Crippen molar-refractivity contribution in [2.75, 3.05) is 5.32 Å². The third-order valence-corrected chi connectivity index (χ3v) is 4.13. The fraction of sp³-hybridized carbons (Fsp3) is 0.474. The molecule has 0 aromatic heterocycles. The van der Waals surface area contributed by atoms with E-state index in [1.54, 1.807) is 0 Å². The Hall–Kier alpha value is -2.10. The van der Waals surface area contributed by atoms with Crippen LogP contribution in [0.5, 0.6) is 0 Å². The van der Waals surface area contributed by atoms with Crippen molar-refractivity contribution in [1.29, 1.82) is 0 Å². The molecule has 0 atom stereocenters. The summed E-state index contributed by atoms with van der Waals surface area (Å²) in [6.07, 6.45) is 3.06. The number of nitrogens with two attached hydrogens (primary N) is 1. The van der Waals surface area contributed by atoms with Crippen molar-refractivity contribution in [2.45, 2.75) is 60.3 Å². The van der Waals surface area contributed by atoms with E-state index in [9.17, 15) is 9.59 Å². The summed E-state index contributed by atoms with van der Waals surface area (Å²) >= 11 is 0. The van der Waals surface area contributed by atoms with Gasteiger partial charge in [0.1, 0.15) is 0 Å². The maximum Gasteiger partial charge on any atom is 0.252 e. The standard InChI is InChI=1S/C17H22N2O2.C2H6/c1-10-8-12(3)15(9-11(10)2)19-17(21)14-7-5-4-6-13(14)16(18)20;1-2/h8-9H,4-7H2,1-3H3,(H2,18,20)(H,19,21);1-2H3. The highest BCUT2D eigenvalue weighted by atomic mass is 16.2. The van der Waals surface area contributed by atoms with Gasteiger partial charge < -0.3 is 11.1 Å². The number of anilines is 1. The zero-order valence-corrected chi connectivity index (χ0v) is 14.9. The fourth-order valence-electron chi connectivity index (χ4n) is 2.72. The smallest absolute Gasteiger partial charge is 0.252 e. The van der Waals surface area contributed by atoms with Crippen molar-refractivity contribution in [3.63, 3.8) is 0 Å². The van der Waals surface area contributed by atoms with Gasteiger partial charge in [-0.1, -0.05) is 19.9 Å². The van der Waals surface area contributed by atoms with Gasteiger partial charge in [-0.25, -0.2) is 0 Å². The van der Waals surface area contributed by atoms with Crippen molar-refractivity contribution >= 4 is 17.5 Å². The van der Waals surface area contributed by atoms with Crippen molar-refractivity contribution < 1.29 is 9.59 Å². The minimum atomic E-state index is -0.475. The van der Waals surface area contributed by atoms with E-state index >= 15 is 0 Å². The Kier molecular flexibility index (Phi) is 7.01. The molecule has 23 heavy (non-hydrogen) atoms. The lowest BCUT2D eigenvalue weighted by molar-refractivity contribution is -0.116. The van der Waals surface area contributed by atoms with E-state index in [4.69, 9.17) is 5.73 Å². The molecule has 126 valence electrons. The lowest BCUT2D eigenvalue weighted by Gasteiger charge is -2.19. The molecule has 1 aromatic rings. The van der Waals surface area contributed by atoms with Gasteiger partial charge in [0.05, 0.1) is 0 Å². The SMILES string of the molecule is CC.Cc1cc(C)c(NC(=O)C2=C(C(N)=O)CCCC2)cc1C. The molecule has 4 nitrogen and oxygen atoms in total. The summed E-state index contributed by atoms with van der Waals surface area (Å²) in [5.41, 5.74) is 10.6. The number of hydrogen-bond donors (Lipinski definition) is 2. The van der Waals surface area contributed by atoms with Gasteiger partial charge in [-0.3, -0.25) is 9.59 Å². The van der Waals surface area contributed by atoms with Crippen molar-refractivity contribution in [1.82, 2.24) is 0 Å². The summed E-state index contributed by atoms with van der Waals surface area (Å²) in [7, 11) is 0. The highest BCUT2D eigenvalue weighted by molar-refractivity contribution is 6.10. The average molecular weight is 316 g/mol. The molecule has 2 rings (SSSR count). The topological polar surface area (TPSA) is 72.2 Å². The number of rotatable bonds is 3. The Labute approximate surface area is 139 Å². The van der Waals surface area contributed by atoms with Crippen LogP contribution >= 0.6 is 0 Å². The van der Waals surface area contributed by atoms with Gasteiger partial charge in [0.2, 0.25) is 5.91 Å². The minimum Gasteiger partial charge on any atom is -0.366 e. The summed E-state index contributed by atoms with van der Waals surface area (Å²) in [5, 5.41) is 2.93. The molecule has 0 saturated carbocycles. The van der Waals surface area contributed by atoms with Crippen LogP contribution in [0.1, 0.15) is 56.2 Å². The number of aryl methyl sites for hydroxylation is 3. The quantitative estimate of drug-likeness (QED) is 0.886. The molecule has 4 heteroatoms. The van der Waals surface area contributed by atoms with Crippen molar-refractivity contribution in [2.24, 2.45) is 5.73 Å². The zero-order valence-electron chi connectivity index (χ0n) is 14.9.